The van der Waals surface area contributed by atoms with Crippen molar-refractivity contribution in [2.75, 3.05) is 9.80 Å². The van der Waals surface area contributed by atoms with Crippen molar-refractivity contribution in [3.8, 4) is 11.4 Å². The maximum absolute atomic E-state index is 14.8. The standard InChI is InChI=1S/C72H51FGeN4/c73-52-35-38-62(39-36-52)78-70-46-37-56(74(53-21-7-1-8-22-53,54-23-9-2-10-24-54)55-25-11-3-12-26-55)49-66(70)68-51-64(45-48-72(68)78)76(61-42-40-60(41-43-61)75(57-27-13-4-14-28-57)58-29-15-5-16-30-58)63-44-47-71-67(50-63)65-33-19-20-34-69(65)77(71)59-31-17-6-18-32-59/h1-51H. The molecule has 0 fully saturated rings. The molecule has 2 aromatic heterocycles. The molecule has 370 valence electrons. The molecule has 6 heteroatoms. The van der Waals surface area contributed by atoms with E-state index >= 15 is 0 Å². The molecule has 2 heterocycles. The summed E-state index contributed by atoms with van der Waals surface area (Å²) in [4.78, 5) is 4.70. The average Bonchev–Trinajstić information content (AvgIpc) is 4.14. The van der Waals surface area contributed by atoms with Gasteiger partial charge in [-0.3, -0.25) is 0 Å². The zero-order chi connectivity index (χ0) is 52.0. The quantitative estimate of drug-likeness (QED) is 0.113. The molecular weight excluding hydrogens is 1010 g/mol. The van der Waals surface area contributed by atoms with Gasteiger partial charge >= 0.3 is 332 Å². The van der Waals surface area contributed by atoms with Gasteiger partial charge in [0.05, 0.1) is 0 Å². The molecule has 0 aliphatic rings. The summed E-state index contributed by atoms with van der Waals surface area (Å²) < 4.78 is 24.8. The molecule has 14 rings (SSSR count). The van der Waals surface area contributed by atoms with Gasteiger partial charge in [-0.15, -0.1) is 0 Å². The van der Waals surface area contributed by atoms with E-state index in [1.165, 1.54) is 23.0 Å². The number of fused-ring (bicyclic) bond motifs is 6. The summed E-state index contributed by atoms with van der Waals surface area (Å²) in [5.74, 6) is -0.267. The first-order chi connectivity index (χ1) is 38.6. The monoisotopic (exact) mass is 1060 g/mol. The summed E-state index contributed by atoms with van der Waals surface area (Å²) in [6, 6.07) is 111. The third kappa shape index (κ3) is 7.98. The van der Waals surface area contributed by atoms with Gasteiger partial charge in [0.2, 0.25) is 0 Å². The van der Waals surface area contributed by atoms with Gasteiger partial charge in [0, 0.05) is 17.1 Å². The first-order valence-corrected chi connectivity index (χ1v) is 30.7. The average molecular weight is 1060 g/mol. The summed E-state index contributed by atoms with van der Waals surface area (Å²) in [5, 5.41) is 4.58. The van der Waals surface area contributed by atoms with Gasteiger partial charge in [-0.25, -0.2) is 0 Å². The third-order valence-electron chi connectivity index (χ3n) is 15.5. The second-order valence-corrected chi connectivity index (χ2v) is 27.8. The van der Waals surface area contributed by atoms with Crippen molar-refractivity contribution in [1.29, 1.82) is 0 Å². The van der Waals surface area contributed by atoms with E-state index in [9.17, 15) is 4.39 Å². The van der Waals surface area contributed by atoms with Crippen molar-refractivity contribution in [2.24, 2.45) is 0 Å². The molecule has 0 amide bonds. The van der Waals surface area contributed by atoms with E-state index in [1.807, 2.05) is 12.1 Å². The molecule has 0 unspecified atom stereocenters. The Morgan fingerprint density at radius 3 is 1.06 bits per heavy atom. The van der Waals surface area contributed by atoms with Crippen molar-refractivity contribution in [3.63, 3.8) is 0 Å². The molecule has 0 spiro atoms. The summed E-state index contributed by atoms with van der Waals surface area (Å²) >= 11 is -3.72. The number of anilines is 6. The minimum absolute atomic E-state index is 0.267. The van der Waals surface area contributed by atoms with Crippen LogP contribution in [0.25, 0.3) is 55.0 Å². The Kier molecular flexibility index (Phi) is 11.9. The Morgan fingerprint density at radius 1 is 0.244 bits per heavy atom. The van der Waals surface area contributed by atoms with Crippen LogP contribution in [0, 0.1) is 5.82 Å². The van der Waals surface area contributed by atoms with Gasteiger partial charge in [0.1, 0.15) is 0 Å². The molecule has 4 nitrogen and oxygen atoms in total. The number of aromatic nitrogens is 2. The molecule has 0 saturated heterocycles. The number of nitrogens with zero attached hydrogens (tertiary/aromatic N) is 4. The van der Waals surface area contributed by atoms with E-state index < -0.39 is 13.3 Å². The number of para-hydroxylation sites is 4. The second-order valence-electron chi connectivity index (χ2n) is 19.8. The van der Waals surface area contributed by atoms with Gasteiger partial charge in [0.25, 0.3) is 0 Å². The zero-order valence-corrected chi connectivity index (χ0v) is 44.7. The van der Waals surface area contributed by atoms with Crippen molar-refractivity contribution in [1.82, 2.24) is 9.13 Å². The van der Waals surface area contributed by atoms with Crippen molar-refractivity contribution < 1.29 is 4.39 Å². The second kappa shape index (κ2) is 19.8. The van der Waals surface area contributed by atoms with E-state index in [2.05, 4.69) is 304 Å². The van der Waals surface area contributed by atoms with E-state index in [1.54, 1.807) is 12.1 Å². The normalized spacial score (nSPS) is 11.7. The predicted octanol–water partition coefficient (Wildman–Crippen LogP) is 16.3. The summed E-state index contributed by atoms with van der Waals surface area (Å²) in [5.41, 5.74) is 12.7. The fourth-order valence-electron chi connectivity index (χ4n) is 12.1. The molecular formula is C72H51FGeN4. The van der Waals surface area contributed by atoms with Crippen LogP contribution in [0.4, 0.5) is 38.5 Å². The van der Waals surface area contributed by atoms with Crippen LogP contribution in [0.15, 0.2) is 309 Å². The van der Waals surface area contributed by atoms with Gasteiger partial charge in [-0.05, 0) is 42.5 Å². The molecule has 0 aliphatic heterocycles. The molecule has 0 aliphatic carbocycles. The predicted molar refractivity (Wildman–Crippen MR) is 328 cm³/mol. The maximum atomic E-state index is 14.8. The first kappa shape index (κ1) is 46.8. The van der Waals surface area contributed by atoms with Crippen LogP contribution in [0.1, 0.15) is 0 Å². The van der Waals surface area contributed by atoms with Gasteiger partial charge in [-0.2, -0.15) is 0 Å². The number of benzene rings is 12. The molecule has 12 aromatic carbocycles. The fourth-order valence-corrected chi connectivity index (χ4v) is 22.1. The van der Waals surface area contributed by atoms with Crippen molar-refractivity contribution >= 4 is 109 Å². The fraction of sp³-hybridized carbons (Fsp3) is 0. The topological polar surface area (TPSA) is 16.3 Å². The van der Waals surface area contributed by atoms with E-state index in [4.69, 9.17) is 0 Å². The number of hydrogen-bond acceptors (Lipinski definition) is 2. The van der Waals surface area contributed by atoms with Gasteiger partial charge in [0.15, 0.2) is 0 Å². The zero-order valence-electron chi connectivity index (χ0n) is 42.6. The molecule has 0 bridgehead atoms. The van der Waals surface area contributed by atoms with E-state index in [0.29, 0.717) is 0 Å². The SMILES string of the molecule is Fc1ccc(-n2c3ccc(N(c4ccc(N(c5ccccc5)c5ccccc5)cc4)c4ccc5c(c4)c4ccccc4n5-c4ccccc4)cc3c3c[c]([Ge]([c]4ccccc4)([c]4ccccc4)[c]4ccccc4)ccc32)cc1. The van der Waals surface area contributed by atoms with Gasteiger partial charge in [-0.1, -0.05) is 66.7 Å². The van der Waals surface area contributed by atoms with Crippen LogP contribution in [0.3, 0.4) is 0 Å². The number of hydrogen-bond donors (Lipinski definition) is 0. The summed E-state index contributed by atoms with van der Waals surface area (Å²) in [6.07, 6.45) is 0. The van der Waals surface area contributed by atoms with Crippen LogP contribution in [-0.2, 0) is 0 Å². The first-order valence-electron chi connectivity index (χ1n) is 26.5. The van der Waals surface area contributed by atoms with Crippen LogP contribution < -0.4 is 27.4 Å². The molecule has 0 saturated carbocycles. The molecule has 0 N–H and O–H groups in total. The third-order valence-corrected chi connectivity index (χ3v) is 25.5. The van der Waals surface area contributed by atoms with Gasteiger partial charge < -0.3 is 0 Å². The van der Waals surface area contributed by atoms with Crippen LogP contribution >= 0.6 is 0 Å². The Labute approximate surface area is 455 Å². The van der Waals surface area contributed by atoms with Crippen LogP contribution in [0.2, 0.25) is 0 Å². The van der Waals surface area contributed by atoms with Crippen LogP contribution in [0.5, 0.6) is 0 Å². The minimum atomic E-state index is -3.72. The van der Waals surface area contributed by atoms with Crippen molar-refractivity contribution in [3.05, 3.63) is 315 Å². The van der Waals surface area contributed by atoms with E-state index in [-0.39, 0.29) is 5.82 Å². The Balaban J connectivity index is 1.02. The summed E-state index contributed by atoms with van der Waals surface area (Å²) in [6.45, 7) is 0. The Bertz CT molecular complexity index is 4280. The number of rotatable bonds is 12. The summed E-state index contributed by atoms with van der Waals surface area (Å²) in [7, 11) is 0. The molecule has 0 atom stereocenters. The van der Waals surface area contributed by atoms with E-state index in [0.717, 1.165) is 83.7 Å². The molecule has 78 heavy (non-hydrogen) atoms. The Morgan fingerprint density at radius 2 is 0.577 bits per heavy atom. The molecule has 0 radical (unpaired) electrons. The number of halogens is 1. The molecule has 14 aromatic rings. The van der Waals surface area contributed by atoms with Crippen LogP contribution in [-0.4, -0.2) is 22.4 Å². The van der Waals surface area contributed by atoms with Crippen molar-refractivity contribution in [2.45, 2.75) is 0 Å². The Hall–Kier alpha value is -9.69.